The Morgan fingerprint density at radius 1 is 1.15 bits per heavy atom. The van der Waals surface area contributed by atoms with E-state index >= 15 is 0 Å². The quantitative estimate of drug-likeness (QED) is 0.265. The molecule has 2 heterocycles. The van der Waals surface area contributed by atoms with Crippen molar-refractivity contribution >= 4 is 32.7 Å². The van der Waals surface area contributed by atoms with E-state index in [0.717, 1.165) is 26.5 Å². The molecule has 3 aromatic rings. The van der Waals surface area contributed by atoms with Gasteiger partial charge in [-0.1, -0.05) is 32.0 Å². The minimum Gasteiger partial charge on any atom is -0.489 e. The predicted octanol–water partition coefficient (Wildman–Crippen LogP) is 2.50. The van der Waals surface area contributed by atoms with E-state index in [2.05, 4.69) is 4.98 Å². The number of carbonyl (C=O) groups is 2. The van der Waals surface area contributed by atoms with Crippen molar-refractivity contribution in [1.82, 2.24) is 19.7 Å². The van der Waals surface area contributed by atoms with Gasteiger partial charge in [0, 0.05) is 36.2 Å². The first kappa shape index (κ1) is 29.4. The van der Waals surface area contributed by atoms with Gasteiger partial charge >= 0.3 is 0 Å². The highest BCUT2D eigenvalue weighted by molar-refractivity contribution is 7.89. The second kappa shape index (κ2) is 11.9. The summed E-state index contributed by atoms with van der Waals surface area (Å²) in [6, 6.07) is 15.6. The lowest BCUT2D eigenvalue weighted by molar-refractivity contribution is -0.160. The summed E-state index contributed by atoms with van der Waals surface area (Å²) in [5.41, 5.74) is 2.58. The van der Waals surface area contributed by atoms with Crippen LogP contribution in [0.15, 0.2) is 59.5 Å². The van der Waals surface area contributed by atoms with Crippen LogP contribution in [0.2, 0.25) is 0 Å². The average Bonchev–Trinajstić information content (AvgIpc) is 2.92. The zero-order valence-electron chi connectivity index (χ0n) is 23.0. The number of ether oxygens (including phenoxy) is 2. The fraction of sp³-hybridized carbons (Fsp3) is 0.393. The zero-order chi connectivity index (χ0) is 29.1. The van der Waals surface area contributed by atoms with Crippen molar-refractivity contribution in [2.75, 3.05) is 33.4 Å². The van der Waals surface area contributed by atoms with Crippen molar-refractivity contribution in [2.24, 2.45) is 5.92 Å². The molecule has 1 saturated heterocycles. The number of aromatic nitrogens is 1. The van der Waals surface area contributed by atoms with Crippen molar-refractivity contribution in [2.45, 2.75) is 37.8 Å². The summed E-state index contributed by atoms with van der Waals surface area (Å²) in [7, 11) is -2.84. The van der Waals surface area contributed by atoms with E-state index in [1.165, 1.54) is 24.1 Å². The van der Waals surface area contributed by atoms with Gasteiger partial charge in [-0.3, -0.25) is 19.8 Å². The lowest BCUT2D eigenvalue weighted by Crippen LogP contribution is -2.78. The maximum Gasteiger partial charge on any atom is 0.268 e. The molecule has 214 valence electrons. The van der Waals surface area contributed by atoms with Crippen LogP contribution < -0.4 is 10.2 Å². The molecule has 11 nitrogen and oxygen atoms in total. The molecule has 1 aliphatic rings. The van der Waals surface area contributed by atoms with Crippen LogP contribution in [0.25, 0.3) is 10.9 Å². The Kier molecular flexibility index (Phi) is 8.74. The molecule has 1 fully saturated rings. The number of methoxy groups -OCH3 is 1. The molecule has 2 aromatic carbocycles. The number of para-hydroxylation sites is 1. The van der Waals surface area contributed by atoms with Crippen LogP contribution in [-0.2, 0) is 31.0 Å². The number of pyridine rings is 1. The summed E-state index contributed by atoms with van der Waals surface area (Å²) >= 11 is 0. The summed E-state index contributed by atoms with van der Waals surface area (Å²) in [4.78, 5) is 31.2. The van der Waals surface area contributed by atoms with Gasteiger partial charge in [0.15, 0.2) is 5.54 Å². The van der Waals surface area contributed by atoms with Crippen LogP contribution in [0.5, 0.6) is 5.75 Å². The van der Waals surface area contributed by atoms with E-state index in [0.29, 0.717) is 5.75 Å². The molecule has 4 rings (SSSR count). The molecule has 0 saturated carbocycles. The minimum absolute atomic E-state index is 0.00167. The van der Waals surface area contributed by atoms with Crippen LogP contribution >= 0.6 is 0 Å². The van der Waals surface area contributed by atoms with Gasteiger partial charge in [-0.25, -0.2) is 13.9 Å². The van der Waals surface area contributed by atoms with E-state index in [1.54, 1.807) is 31.5 Å². The Bertz CT molecular complexity index is 1490. The van der Waals surface area contributed by atoms with Gasteiger partial charge in [-0.2, -0.15) is 4.31 Å². The van der Waals surface area contributed by atoms with Crippen molar-refractivity contribution in [3.05, 3.63) is 65.9 Å². The number of benzene rings is 2. The number of likely N-dealkylation sites (tertiary alicyclic amines) is 1. The summed E-state index contributed by atoms with van der Waals surface area (Å²) in [6.07, 6.45) is 0. The summed E-state index contributed by atoms with van der Waals surface area (Å²) in [5.74, 6) is -1.01. The average molecular weight is 571 g/mol. The number of nitrogens with one attached hydrogen (secondary N) is 1. The third-order valence-corrected chi connectivity index (χ3v) is 8.93. The largest absolute Gasteiger partial charge is 0.489 e. The Balaban J connectivity index is 1.58. The fourth-order valence-corrected chi connectivity index (χ4v) is 6.58. The highest BCUT2D eigenvalue weighted by Crippen LogP contribution is 2.35. The molecule has 0 unspecified atom stereocenters. The van der Waals surface area contributed by atoms with E-state index in [9.17, 15) is 23.2 Å². The molecule has 0 radical (unpaired) electrons. The molecule has 12 heteroatoms. The first-order valence-electron chi connectivity index (χ1n) is 12.9. The smallest absolute Gasteiger partial charge is 0.268 e. The maximum atomic E-state index is 13.8. The number of carbonyl (C=O) groups excluding carboxylic acids is 2. The third kappa shape index (κ3) is 5.66. The van der Waals surface area contributed by atoms with E-state index in [4.69, 9.17) is 9.47 Å². The highest BCUT2D eigenvalue weighted by Gasteiger charge is 2.59. The van der Waals surface area contributed by atoms with Crippen molar-refractivity contribution in [1.29, 1.82) is 0 Å². The third-order valence-electron chi connectivity index (χ3n) is 6.95. The summed E-state index contributed by atoms with van der Waals surface area (Å²) in [5, 5.41) is 10.4. The van der Waals surface area contributed by atoms with Gasteiger partial charge in [0.2, 0.25) is 15.9 Å². The number of hydrogen-bond donors (Lipinski definition) is 2. The Hall–Kier alpha value is -3.58. The molecule has 1 aromatic heterocycles. The van der Waals surface area contributed by atoms with Crippen LogP contribution in [0.1, 0.15) is 25.1 Å². The first-order valence-corrected chi connectivity index (χ1v) is 14.3. The topological polar surface area (TPSA) is 138 Å². The minimum atomic E-state index is -4.26. The van der Waals surface area contributed by atoms with E-state index in [1.807, 2.05) is 37.3 Å². The molecule has 1 aliphatic heterocycles. The number of nitrogens with zero attached hydrogens (tertiary/aromatic N) is 3. The molecule has 0 spiro atoms. The van der Waals surface area contributed by atoms with Gasteiger partial charge in [0.25, 0.3) is 5.91 Å². The molecular formula is C28H34N4O7S. The van der Waals surface area contributed by atoms with Crippen molar-refractivity contribution in [3.63, 3.8) is 0 Å². The summed E-state index contributed by atoms with van der Waals surface area (Å²) in [6.45, 7) is 5.05. The maximum absolute atomic E-state index is 13.8. The van der Waals surface area contributed by atoms with E-state index < -0.39 is 21.5 Å². The number of sulfonamides is 1. The Morgan fingerprint density at radius 3 is 2.45 bits per heavy atom. The number of rotatable bonds is 11. The monoisotopic (exact) mass is 570 g/mol. The molecule has 2 amide bonds. The van der Waals surface area contributed by atoms with Crippen LogP contribution in [-0.4, -0.2) is 78.5 Å². The van der Waals surface area contributed by atoms with Crippen molar-refractivity contribution < 1.29 is 32.7 Å². The number of hydrogen-bond acceptors (Lipinski definition) is 8. The predicted molar refractivity (Wildman–Crippen MR) is 147 cm³/mol. The van der Waals surface area contributed by atoms with Gasteiger partial charge in [-0.05, 0) is 43.3 Å². The van der Waals surface area contributed by atoms with Crippen LogP contribution in [0.4, 0.5) is 0 Å². The second-order valence-electron chi connectivity index (χ2n) is 10.1. The SMILES string of the molecule is COCCN(C1(C(=O)NO)CN(C(=O)C(C)C)C1)S(=O)(=O)c1ccc(OCc2cc(C)nc3ccccc23)cc1. The highest BCUT2D eigenvalue weighted by atomic mass is 32.2. The van der Waals surface area contributed by atoms with Crippen molar-refractivity contribution in [3.8, 4) is 5.75 Å². The zero-order valence-corrected chi connectivity index (χ0v) is 23.8. The standard InChI is InChI=1S/C28H34N4O7S/c1-19(2)26(33)31-17-28(18-31,27(34)30-35)32(13-14-38-4)40(36,37)23-11-9-22(10-12-23)39-16-21-15-20(3)29-25-8-6-5-7-24(21)25/h5-12,15,19,35H,13-14,16-18H2,1-4H3,(H,30,34). The number of hydroxylamine groups is 1. The second-order valence-corrected chi connectivity index (χ2v) is 12.0. The number of amides is 2. The Labute approximate surface area is 233 Å². The lowest BCUT2D eigenvalue weighted by Gasteiger charge is -2.53. The van der Waals surface area contributed by atoms with Gasteiger partial charge in [0.1, 0.15) is 12.4 Å². The first-order chi connectivity index (χ1) is 19.0. The molecular weight excluding hydrogens is 536 g/mol. The van der Waals surface area contributed by atoms with Crippen LogP contribution in [0.3, 0.4) is 0 Å². The van der Waals surface area contributed by atoms with E-state index in [-0.39, 0.29) is 49.6 Å². The van der Waals surface area contributed by atoms with Gasteiger partial charge in [0.05, 0.1) is 30.1 Å². The molecule has 0 aliphatic carbocycles. The van der Waals surface area contributed by atoms with Crippen LogP contribution in [0, 0.1) is 12.8 Å². The molecule has 0 atom stereocenters. The number of fused-ring (bicyclic) bond motifs is 1. The van der Waals surface area contributed by atoms with Gasteiger partial charge in [-0.15, -0.1) is 0 Å². The Morgan fingerprint density at radius 2 is 1.82 bits per heavy atom. The number of aryl methyl sites for hydroxylation is 1. The van der Waals surface area contributed by atoms with Gasteiger partial charge < -0.3 is 14.4 Å². The molecule has 2 N–H and O–H groups in total. The normalized spacial score (nSPS) is 14.8. The molecule has 0 bridgehead atoms. The fourth-order valence-electron chi connectivity index (χ4n) is 4.87. The summed E-state index contributed by atoms with van der Waals surface area (Å²) < 4.78 is 39.8. The molecule has 40 heavy (non-hydrogen) atoms. The lowest BCUT2D eigenvalue weighted by atomic mass is 9.87.